The molecule has 3 rings (SSSR count). The van der Waals surface area contributed by atoms with E-state index in [4.69, 9.17) is 11.6 Å². The van der Waals surface area contributed by atoms with Crippen molar-refractivity contribution in [2.45, 2.75) is 13.5 Å². The number of hydrogen-bond acceptors (Lipinski definition) is 3. The normalized spacial score (nSPS) is 10.7. The molecule has 0 atom stereocenters. The molecule has 0 bridgehead atoms. The first-order chi connectivity index (χ1) is 11.1. The van der Waals surface area contributed by atoms with Crippen LogP contribution in [0.1, 0.15) is 27.6 Å². The molecular weight excluding hydrogens is 314 g/mol. The van der Waals surface area contributed by atoms with Crippen LogP contribution in [0.2, 0.25) is 5.02 Å². The van der Waals surface area contributed by atoms with Crippen molar-refractivity contribution in [1.82, 2.24) is 14.9 Å². The lowest BCUT2D eigenvalue weighted by atomic mass is 10.1. The largest absolute Gasteiger partial charge is 0.348 e. The average molecular weight is 328 g/mol. The van der Waals surface area contributed by atoms with E-state index in [0.717, 1.165) is 5.56 Å². The maximum absolute atomic E-state index is 12.5. The second-order valence-corrected chi connectivity index (χ2v) is 5.57. The molecule has 6 heteroatoms. The van der Waals surface area contributed by atoms with Crippen molar-refractivity contribution in [3.63, 3.8) is 0 Å². The summed E-state index contributed by atoms with van der Waals surface area (Å²) < 4.78 is 1.45. The molecule has 0 unspecified atom stereocenters. The minimum absolute atomic E-state index is 0.163. The van der Waals surface area contributed by atoms with Gasteiger partial charge >= 0.3 is 0 Å². The van der Waals surface area contributed by atoms with Crippen LogP contribution in [0.3, 0.4) is 0 Å². The van der Waals surface area contributed by atoms with Crippen molar-refractivity contribution >= 4 is 34.3 Å². The molecule has 0 fully saturated rings. The third-order valence-corrected chi connectivity index (χ3v) is 3.76. The minimum Gasteiger partial charge on any atom is -0.348 e. The van der Waals surface area contributed by atoms with Gasteiger partial charge in [-0.3, -0.25) is 19.1 Å². The Morgan fingerprint density at radius 1 is 1.30 bits per heavy atom. The topological polar surface area (TPSA) is 64.0 Å². The number of hydrogen-bond donors (Lipinski definition) is 1. The van der Waals surface area contributed by atoms with Gasteiger partial charge in [-0.05, 0) is 29.8 Å². The Bertz CT molecular complexity index is 887. The molecule has 1 amide bonds. The highest BCUT2D eigenvalue weighted by Crippen LogP contribution is 2.25. The third kappa shape index (κ3) is 3.10. The highest BCUT2D eigenvalue weighted by Gasteiger charge is 2.17. The molecule has 0 saturated carbocycles. The Kier molecular flexibility index (Phi) is 4.12. The molecule has 2 aromatic heterocycles. The zero-order valence-corrected chi connectivity index (χ0v) is 13.2. The number of aromatic nitrogens is 2. The monoisotopic (exact) mass is 327 g/mol. The van der Waals surface area contributed by atoms with E-state index >= 15 is 0 Å². The van der Waals surface area contributed by atoms with Crippen molar-refractivity contribution in [2.24, 2.45) is 0 Å². The molecule has 0 saturated heterocycles. The van der Waals surface area contributed by atoms with Crippen LogP contribution < -0.4 is 5.32 Å². The van der Waals surface area contributed by atoms with Crippen LogP contribution in [-0.2, 0) is 6.54 Å². The highest BCUT2D eigenvalue weighted by molar-refractivity contribution is 6.31. The van der Waals surface area contributed by atoms with E-state index in [-0.39, 0.29) is 11.8 Å². The summed E-state index contributed by atoms with van der Waals surface area (Å²) in [6.07, 6.45) is 4.91. The quantitative estimate of drug-likeness (QED) is 0.803. The lowest BCUT2D eigenvalue weighted by Crippen LogP contribution is -2.22. The zero-order chi connectivity index (χ0) is 16.4. The summed E-state index contributed by atoms with van der Waals surface area (Å²) in [5.74, 6) is -0.426. The highest BCUT2D eigenvalue weighted by atomic mass is 35.5. The van der Waals surface area contributed by atoms with E-state index in [1.165, 1.54) is 11.5 Å². The first-order valence-electron chi connectivity index (χ1n) is 7.05. The first kappa shape index (κ1) is 15.2. The van der Waals surface area contributed by atoms with E-state index < -0.39 is 0 Å². The predicted octanol–water partition coefficient (Wildman–Crippen LogP) is 3.28. The lowest BCUT2D eigenvalue weighted by molar-refractivity contribution is 0.0941. The number of carbonyl (C=O) groups is 2. The van der Waals surface area contributed by atoms with Gasteiger partial charge in [0.1, 0.15) is 0 Å². The third-order valence-electron chi connectivity index (χ3n) is 3.53. The second-order valence-electron chi connectivity index (χ2n) is 5.14. The summed E-state index contributed by atoms with van der Waals surface area (Å²) in [5, 5.41) is 4.00. The van der Waals surface area contributed by atoms with Gasteiger partial charge in [-0.15, -0.1) is 0 Å². The summed E-state index contributed by atoms with van der Waals surface area (Å²) in [7, 11) is 0. The Hall–Kier alpha value is -2.66. The van der Waals surface area contributed by atoms with Crippen molar-refractivity contribution in [1.29, 1.82) is 0 Å². The number of nitrogens with zero attached hydrogens (tertiary/aromatic N) is 2. The van der Waals surface area contributed by atoms with Crippen molar-refractivity contribution in [3.8, 4) is 0 Å². The van der Waals surface area contributed by atoms with Gasteiger partial charge in [0.05, 0.1) is 11.1 Å². The van der Waals surface area contributed by atoms with Crippen LogP contribution in [0.25, 0.3) is 10.9 Å². The molecule has 0 aliphatic heterocycles. The number of carbonyl (C=O) groups excluding carboxylic acids is 2. The maximum Gasteiger partial charge on any atom is 0.253 e. The second kappa shape index (κ2) is 6.22. The summed E-state index contributed by atoms with van der Waals surface area (Å²) in [5.41, 5.74) is 1.98. The number of fused-ring (bicyclic) bond motifs is 1. The fraction of sp³-hybridized carbons (Fsp3) is 0.118. The number of pyridine rings is 1. The van der Waals surface area contributed by atoms with E-state index in [1.54, 1.807) is 36.8 Å². The fourth-order valence-electron chi connectivity index (χ4n) is 2.42. The molecule has 2 heterocycles. The van der Waals surface area contributed by atoms with E-state index in [1.807, 2.05) is 12.1 Å². The maximum atomic E-state index is 12.5. The van der Waals surface area contributed by atoms with E-state index in [0.29, 0.717) is 28.0 Å². The van der Waals surface area contributed by atoms with Crippen molar-refractivity contribution in [3.05, 3.63) is 65.1 Å². The van der Waals surface area contributed by atoms with Crippen LogP contribution in [-0.4, -0.2) is 21.4 Å². The summed E-state index contributed by atoms with van der Waals surface area (Å²) in [6, 6.07) is 8.80. The van der Waals surface area contributed by atoms with Gasteiger partial charge in [0.25, 0.3) is 5.91 Å². The summed E-state index contributed by atoms with van der Waals surface area (Å²) >= 11 is 6.02. The summed E-state index contributed by atoms with van der Waals surface area (Å²) in [6.45, 7) is 1.81. The van der Waals surface area contributed by atoms with Gasteiger partial charge in [0.2, 0.25) is 5.91 Å². The van der Waals surface area contributed by atoms with Gasteiger partial charge in [-0.1, -0.05) is 17.7 Å². The van der Waals surface area contributed by atoms with Gasteiger partial charge in [-0.2, -0.15) is 0 Å². The minimum atomic E-state index is -0.263. The Morgan fingerprint density at radius 2 is 2.13 bits per heavy atom. The van der Waals surface area contributed by atoms with Gasteiger partial charge < -0.3 is 5.32 Å². The summed E-state index contributed by atoms with van der Waals surface area (Å²) in [4.78, 5) is 28.2. The molecule has 0 aliphatic rings. The Labute approximate surface area is 137 Å². The number of rotatable bonds is 3. The van der Waals surface area contributed by atoms with Crippen LogP contribution >= 0.6 is 11.6 Å². The van der Waals surface area contributed by atoms with Crippen LogP contribution in [0.5, 0.6) is 0 Å². The Morgan fingerprint density at radius 3 is 2.83 bits per heavy atom. The van der Waals surface area contributed by atoms with Gasteiger partial charge in [0, 0.05) is 42.5 Å². The van der Waals surface area contributed by atoms with Crippen molar-refractivity contribution < 1.29 is 9.59 Å². The number of amides is 1. The number of nitrogens with one attached hydrogen (secondary N) is 1. The molecule has 0 aliphatic carbocycles. The predicted molar refractivity (Wildman–Crippen MR) is 88.7 cm³/mol. The number of benzene rings is 1. The molecule has 1 N–H and O–H groups in total. The number of halogens is 1. The SMILES string of the molecule is CC(=O)n1cc(C(=O)NCc2cccnc2)c2cc(Cl)ccc21. The molecule has 3 aromatic rings. The molecule has 5 nitrogen and oxygen atoms in total. The molecule has 1 aromatic carbocycles. The van der Waals surface area contributed by atoms with Crippen molar-refractivity contribution in [2.75, 3.05) is 0 Å². The van der Waals surface area contributed by atoms with Crippen LogP contribution in [0.4, 0.5) is 0 Å². The van der Waals surface area contributed by atoms with Crippen LogP contribution in [0, 0.1) is 0 Å². The average Bonchev–Trinajstić information content (AvgIpc) is 2.92. The Balaban J connectivity index is 1.93. The fourth-order valence-corrected chi connectivity index (χ4v) is 2.60. The molecule has 0 radical (unpaired) electrons. The first-order valence-corrected chi connectivity index (χ1v) is 7.42. The van der Waals surface area contributed by atoms with Crippen LogP contribution in [0.15, 0.2) is 48.9 Å². The molecular formula is C17H14ClN3O2. The molecule has 116 valence electrons. The van der Waals surface area contributed by atoms with E-state index in [9.17, 15) is 9.59 Å². The lowest BCUT2D eigenvalue weighted by Gasteiger charge is -2.04. The zero-order valence-electron chi connectivity index (χ0n) is 12.4. The molecule has 0 spiro atoms. The molecule has 23 heavy (non-hydrogen) atoms. The van der Waals surface area contributed by atoms with Gasteiger partial charge in [-0.25, -0.2) is 0 Å². The standard InChI is InChI=1S/C17H14ClN3O2/c1-11(22)21-10-15(14-7-13(18)4-5-16(14)21)17(23)20-9-12-3-2-6-19-8-12/h2-8,10H,9H2,1H3,(H,20,23). The van der Waals surface area contributed by atoms with Gasteiger partial charge in [0.15, 0.2) is 0 Å². The smallest absolute Gasteiger partial charge is 0.253 e. The van der Waals surface area contributed by atoms with E-state index in [2.05, 4.69) is 10.3 Å².